The third kappa shape index (κ3) is 3.13. The molecule has 0 spiro atoms. The van der Waals surface area contributed by atoms with E-state index in [4.69, 9.17) is 0 Å². The molecular weight excluding hydrogens is 310 g/mol. The predicted molar refractivity (Wildman–Crippen MR) is 90.3 cm³/mol. The van der Waals surface area contributed by atoms with E-state index >= 15 is 0 Å². The van der Waals surface area contributed by atoms with Crippen molar-refractivity contribution in [2.75, 3.05) is 6.54 Å². The lowest BCUT2D eigenvalue weighted by Gasteiger charge is -2.22. The first-order valence-corrected chi connectivity index (χ1v) is 7.89. The molecule has 1 atom stereocenters. The Morgan fingerprint density at radius 3 is 2.15 bits per heavy atom. The van der Waals surface area contributed by atoms with Crippen molar-refractivity contribution in [2.24, 2.45) is 0 Å². The summed E-state index contributed by atoms with van der Waals surface area (Å²) in [5.74, 6) is 0. The predicted octanol–water partition coefficient (Wildman–Crippen LogP) is 5.07. The second-order valence-corrected chi connectivity index (χ2v) is 6.11. The van der Waals surface area contributed by atoms with E-state index in [0.29, 0.717) is 0 Å². The molecule has 0 saturated carbocycles. The Morgan fingerprint density at radius 2 is 1.60 bits per heavy atom. The number of halogens is 1. The summed E-state index contributed by atoms with van der Waals surface area (Å²) < 4.78 is 1.21. The van der Waals surface area contributed by atoms with Crippen LogP contribution in [0.15, 0.2) is 40.9 Å². The summed E-state index contributed by atoms with van der Waals surface area (Å²) in [6, 6.07) is 13.4. The van der Waals surface area contributed by atoms with Crippen molar-refractivity contribution >= 4 is 15.9 Å². The van der Waals surface area contributed by atoms with Crippen molar-refractivity contribution < 1.29 is 0 Å². The SMILES string of the molecule is CCNC(c1cc(C)c(Br)c(C)c1)c1ccccc1C. The molecule has 0 amide bonds. The highest BCUT2D eigenvalue weighted by molar-refractivity contribution is 9.10. The van der Waals surface area contributed by atoms with Crippen LogP contribution in [0, 0.1) is 20.8 Å². The van der Waals surface area contributed by atoms with Crippen LogP contribution in [0.1, 0.15) is 40.8 Å². The van der Waals surface area contributed by atoms with Crippen LogP contribution < -0.4 is 5.32 Å². The van der Waals surface area contributed by atoms with Gasteiger partial charge in [0.15, 0.2) is 0 Å². The minimum absolute atomic E-state index is 0.256. The van der Waals surface area contributed by atoms with Gasteiger partial charge in [0.1, 0.15) is 0 Å². The molecular formula is C18H22BrN. The van der Waals surface area contributed by atoms with Gasteiger partial charge in [0.25, 0.3) is 0 Å². The lowest BCUT2D eigenvalue weighted by Crippen LogP contribution is -2.23. The van der Waals surface area contributed by atoms with E-state index in [1.807, 2.05) is 0 Å². The van der Waals surface area contributed by atoms with Gasteiger partial charge < -0.3 is 5.32 Å². The second-order valence-electron chi connectivity index (χ2n) is 5.32. The van der Waals surface area contributed by atoms with Gasteiger partial charge in [-0.1, -0.05) is 59.3 Å². The zero-order valence-electron chi connectivity index (χ0n) is 12.6. The number of hydrogen-bond donors (Lipinski definition) is 1. The van der Waals surface area contributed by atoms with Crippen LogP contribution >= 0.6 is 15.9 Å². The third-order valence-corrected chi connectivity index (χ3v) is 4.95. The van der Waals surface area contributed by atoms with Gasteiger partial charge in [-0.05, 0) is 55.1 Å². The molecule has 0 aliphatic carbocycles. The topological polar surface area (TPSA) is 12.0 Å². The Kier molecular flexibility index (Phi) is 5.00. The van der Waals surface area contributed by atoms with Crippen molar-refractivity contribution in [3.8, 4) is 0 Å². The normalized spacial score (nSPS) is 12.4. The van der Waals surface area contributed by atoms with Gasteiger partial charge in [0.05, 0.1) is 6.04 Å². The van der Waals surface area contributed by atoms with Gasteiger partial charge in [0, 0.05) is 4.47 Å². The molecule has 2 heteroatoms. The molecule has 0 saturated heterocycles. The van der Waals surface area contributed by atoms with Crippen LogP contribution in [0.2, 0.25) is 0 Å². The third-order valence-electron chi connectivity index (χ3n) is 3.70. The number of benzene rings is 2. The summed E-state index contributed by atoms with van der Waals surface area (Å²) >= 11 is 3.65. The first kappa shape index (κ1) is 15.3. The average Bonchev–Trinajstić information content (AvgIpc) is 2.43. The summed E-state index contributed by atoms with van der Waals surface area (Å²) in [6.07, 6.45) is 0. The summed E-state index contributed by atoms with van der Waals surface area (Å²) in [5.41, 5.74) is 6.60. The zero-order valence-corrected chi connectivity index (χ0v) is 14.2. The van der Waals surface area contributed by atoms with Crippen molar-refractivity contribution in [1.82, 2.24) is 5.32 Å². The Morgan fingerprint density at radius 1 is 1.00 bits per heavy atom. The molecule has 2 aromatic rings. The van der Waals surface area contributed by atoms with Crippen LogP contribution in [-0.4, -0.2) is 6.54 Å². The van der Waals surface area contributed by atoms with Crippen LogP contribution in [-0.2, 0) is 0 Å². The molecule has 2 rings (SSSR count). The fraction of sp³-hybridized carbons (Fsp3) is 0.333. The van der Waals surface area contributed by atoms with Gasteiger partial charge >= 0.3 is 0 Å². The van der Waals surface area contributed by atoms with Crippen molar-refractivity contribution in [3.63, 3.8) is 0 Å². The highest BCUT2D eigenvalue weighted by Crippen LogP contribution is 2.30. The van der Waals surface area contributed by atoms with Gasteiger partial charge in [-0.15, -0.1) is 0 Å². The molecule has 0 aliphatic rings. The smallest absolute Gasteiger partial charge is 0.0579 e. The Bertz CT molecular complexity index is 581. The molecule has 0 bridgehead atoms. The standard InChI is InChI=1S/C18H22BrN/c1-5-20-18(16-9-7-6-8-12(16)2)15-10-13(3)17(19)14(4)11-15/h6-11,18,20H,5H2,1-4H3. The molecule has 0 aromatic heterocycles. The number of nitrogens with one attached hydrogen (secondary N) is 1. The van der Waals surface area contributed by atoms with Crippen LogP contribution in [0.4, 0.5) is 0 Å². The van der Waals surface area contributed by atoms with Gasteiger partial charge in [-0.2, -0.15) is 0 Å². The molecule has 0 radical (unpaired) electrons. The lowest BCUT2D eigenvalue weighted by atomic mass is 9.93. The van der Waals surface area contributed by atoms with E-state index in [0.717, 1.165) is 6.54 Å². The molecule has 106 valence electrons. The van der Waals surface area contributed by atoms with Crippen molar-refractivity contribution in [1.29, 1.82) is 0 Å². The second kappa shape index (κ2) is 6.55. The Labute approximate surface area is 130 Å². The molecule has 1 unspecified atom stereocenters. The maximum absolute atomic E-state index is 3.65. The first-order chi connectivity index (χ1) is 9.54. The summed E-state index contributed by atoms with van der Waals surface area (Å²) in [6.45, 7) is 9.60. The van der Waals surface area contributed by atoms with Gasteiger partial charge in [-0.25, -0.2) is 0 Å². The van der Waals surface area contributed by atoms with Gasteiger partial charge in [0.2, 0.25) is 0 Å². The first-order valence-electron chi connectivity index (χ1n) is 7.10. The van der Waals surface area contributed by atoms with E-state index in [1.54, 1.807) is 0 Å². The number of hydrogen-bond acceptors (Lipinski definition) is 1. The monoisotopic (exact) mass is 331 g/mol. The highest BCUT2D eigenvalue weighted by Gasteiger charge is 2.16. The fourth-order valence-electron chi connectivity index (χ4n) is 2.67. The average molecular weight is 332 g/mol. The highest BCUT2D eigenvalue weighted by atomic mass is 79.9. The molecule has 0 heterocycles. The molecule has 2 aromatic carbocycles. The zero-order chi connectivity index (χ0) is 14.7. The fourth-order valence-corrected chi connectivity index (χ4v) is 2.90. The van der Waals surface area contributed by atoms with E-state index in [-0.39, 0.29) is 6.04 Å². The molecule has 0 fully saturated rings. The number of rotatable bonds is 4. The van der Waals surface area contributed by atoms with Crippen molar-refractivity contribution in [3.05, 3.63) is 68.7 Å². The maximum Gasteiger partial charge on any atom is 0.0579 e. The molecule has 20 heavy (non-hydrogen) atoms. The summed E-state index contributed by atoms with van der Waals surface area (Å²) in [5, 5.41) is 3.61. The molecule has 1 nitrogen and oxygen atoms in total. The maximum atomic E-state index is 3.65. The largest absolute Gasteiger partial charge is 0.307 e. The van der Waals surface area contributed by atoms with Gasteiger partial charge in [-0.3, -0.25) is 0 Å². The van der Waals surface area contributed by atoms with Crippen LogP contribution in [0.25, 0.3) is 0 Å². The van der Waals surface area contributed by atoms with Crippen LogP contribution in [0.3, 0.4) is 0 Å². The molecule has 0 aliphatic heterocycles. The van der Waals surface area contributed by atoms with E-state index in [2.05, 4.69) is 85.3 Å². The molecule has 1 N–H and O–H groups in total. The summed E-state index contributed by atoms with van der Waals surface area (Å²) in [7, 11) is 0. The quantitative estimate of drug-likeness (QED) is 0.824. The minimum atomic E-state index is 0.256. The Balaban J connectivity index is 2.52. The van der Waals surface area contributed by atoms with E-state index in [9.17, 15) is 0 Å². The summed E-state index contributed by atoms with van der Waals surface area (Å²) in [4.78, 5) is 0. The minimum Gasteiger partial charge on any atom is -0.307 e. The Hall–Kier alpha value is -1.12. The van der Waals surface area contributed by atoms with Crippen LogP contribution in [0.5, 0.6) is 0 Å². The van der Waals surface area contributed by atoms with E-state index in [1.165, 1.54) is 32.3 Å². The van der Waals surface area contributed by atoms with Crippen molar-refractivity contribution in [2.45, 2.75) is 33.7 Å². The number of aryl methyl sites for hydroxylation is 3. The van der Waals surface area contributed by atoms with E-state index < -0.39 is 0 Å². The lowest BCUT2D eigenvalue weighted by molar-refractivity contribution is 0.627.